The predicted molar refractivity (Wildman–Crippen MR) is 64.9 cm³/mol. The number of hydrogen-bond acceptors (Lipinski definition) is 6. The molecule has 4 N–H and O–H groups in total. The first-order valence-electron chi connectivity index (χ1n) is 5.09. The Labute approximate surface area is 106 Å². The number of anilines is 2. The number of aromatic nitrogens is 2. The summed E-state index contributed by atoms with van der Waals surface area (Å²) in [7, 11) is 0. The van der Waals surface area contributed by atoms with Crippen LogP contribution in [0, 0.1) is 5.82 Å². The van der Waals surface area contributed by atoms with E-state index in [0.29, 0.717) is 0 Å². The molecule has 0 aliphatic rings. The molecule has 2 aromatic rings. The van der Waals surface area contributed by atoms with Gasteiger partial charge in [-0.05, 0) is 16.4 Å². The molecule has 1 aromatic heterocycles. The highest BCUT2D eigenvalue weighted by Gasteiger charge is 2.08. The smallest absolute Gasteiger partial charge is 0.340 e. The van der Waals surface area contributed by atoms with E-state index in [4.69, 9.17) is 5.73 Å². The van der Waals surface area contributed by atoms with E-state index >= 15 is 0 Å². The van der Waals surface area contributed by atoms with Gasteiger partial charge in [0.1, 0.15) is 5.82 Å². The summed E-state index contributed by atoms with van der Waals surface area (Å²) in [6.45, 7) is 0. The highest BCUT2D eigenvalue weighted by molar-refractivity contribution is 5.91. The summed E-state index contributed by atoms with van der Waals surface area (Å²) in [5.74, 6) is -0.537. The SMILES string of the molecule is Nc1nonc1NC(=O)NN=Cc1ccccc1F. The lowest BCUT2D eigenvalue weighted by Crippen LogP contribution is -2.24. The van der Waals surface area contributed by atoms with E-state index in [1.165, 1.54) is 18.3 Å². The molecular formula is C10H9FN6O2. The molecular weight excluding hydrogens is 255 g/mol. The van der Waals surface area contributed by atoms with E-state index in [1.54, 1.807) is 12.1 Å². The maximum atomic E-state index is 13.2. The first-order valence-corrected chi connectivity index (χ1v) is 5.09. The third-order valence-corrected chi connectivity index (χ3v) is 2.02. The number of urea groups is 1. The van der Waals surface area contributed by atoms with Crippen LogP contribution in [-0.2, 0) is 0 Å². The van der Waals surface area contributed by atoms with Gasteiger partial charge in [-0.2, -0.15) is 5.10 Å². The van der Waals surface area contributed by atoms with E-state index in [-0.39, 0.29) is 17.2 Å². The number of rotatable bonds is 3. The molecule has 8 nitrogen and oxygen atoms in total. The van der Waals surface area contributed by atoms with Gasteiger partial charge >= 0.3 is 6.03 Å². The molecule has 0 radical (unpaired) electrons. The highest BCUT2D eigenvalue weighted by atomic mass is 19.1. The molecule has 0 aliphatic carbocycles. The van der Waals surface area contributed by atoms with E-state index < -0.39 is 11.8 Å². The average molecular weight is 264 g/mol. The fraction of sp³-hybridized carbons (Fsp3) is 0. The molecule has 0 aliphatic heterocycles. The van der Waals surface area contributed by atoms with Gasteiger partial charge in [-0.15, -0.1) is 0 Å². The lowest BCUT2D eigenvalue weighted by molar-refractivity contribution is 0.252. The summed E-state index contributed by atoms with van der Waals surface area (Å²) in [6, 6.07) is 5.27. The number of hydrazone groups is 1. The molecule has 0 saturated heterocycles. The van der Waals surface area contributed by atoms with Crippen LogP contribution in [0.1, 0.15) is 5.56 Å². The van der Waals surface area contributed by atoms with Crippen molar-refractivity contribution in [1.82, 2.24) is 15.7 Å². The summed E-state index contributed by atoms with van der Waals surface area (Å²) < 4.78 is 17.5. The summed E-state index contributed by atoms with van der Waals surface area (Å²) in [5, 5.41) is 12.4. The van der Waals surface area contributed by atoms with Gasteiger partial charge in [-0.3, -0.25) is 5.32 Å². The van der Waals surface area contributed by atoms with Crippen molar-refractivity contribution >= 4 is 23.9 Å². The fourth-order valence-corrected chi connectivity index (χ4v) is 1.16. The summed E-state index contributed by atoms with van der Waals surface area (Å²) in [5.41, 5.74) is 7.68. The molecule has 98 valence electrons. The maximum absolute atomic E-state index is 13.2. The number of hydrogen-bond donors (Lipinski definition) is 3. The summed E-state index contributed by atoms with van der Waals surface area (Å²) >= 11 is 0. The van der Waals surface area contributed by atoms with E-state index in [0.717, 1.165) is 0 Å². The second-order valence-electron chi connectivity index (χ2n) is 3.34. The molecule has 0 atom stereocenters. The molecule has 0 spiro atoms. The lowest BCUT2D eigenvalue weighted by Gasteiger charge is -1.99. The van der Waals surface area contributed by atoms with Crippen LogP contribution in [0.25, 0.3) is 0 Å². The van der Waals surface area contributed by atoms with Gasteiger partial charge in [0.15, 0.2) is 0 Å². The first kappa shape index (κ1) is 12.5. The number of nitrogens with two attached hydrogens (primary N) is 1. The van der Waals surface area contributed by atoms with Gasteiger partial charge in [0.05, 0.1) is 6.21 Å². The van der Waals surface area contributed by atoms with Crippen LogP contribution in [-0.4, -0.2) is 22.6 Å². The Morgan fingerprint density at radius 1 is 1.42 bits per heavy atom. The Kier molecular flexibility index (Phi) is 3.67. The van der Waals surface area contributed by atoms with Crippen molar-refractivity contribution in [3.63, 3.8) is 0 Å². The van der Waals surface area contributed by atoms with E-state index in [9.17, 15) is 9.18 Å². The first-order chi connectivity index (χ1) is 9.16. The Morgan fingerprint density at radius 3 is 2.89 bits per heavy atom. The van der Waals surface area contributed by atoms with Crippen LogP contribution in [0.3, 0.4) is 0 Å². The summed E-state index contributed by atoms with van der Waals surface area (Å²) in [6.07, 6.45) is 1.17. The van der Waals surface area contributed by atoms with Gasteiger partial charge < -0.3 is 5.73 Å². The zero-order valence-corrected chi connectivity index (χ0v) is 9.50. The number of carbonyl (C=O) groups excluding carboxylic acids is 1. The van der Waals surface area contributed by atoms with Crippen molar-refractivity contribution in [1.29, 1.82) is 0 Å². The predicted octanol–water partition coefficient (Wildman–Crippen LogP) is 0.946. The number of nitrogens with one attached hydrogen (secondary N) is 2. The van der Waals surface area contributed by atoms with Gasteiger partial charge in [-0.25, -0.2) is 19.2 Å². The monoisotopic (exact) mass is 264 g/mol. The van der Waals surface area contributed by atoms with Crippen molar-refractivity contribution in [2.75, 3.05) is 11.1 Å². The number of nitrogen functional groups attached to an aromatic ring is 1. The van der Waals surface area contributed by atoms with Crippen LogP contribution in [0.5, 0.6) is 0 Å². The highest BCUT2D eigenvalue weighted by Crippen LogP contribution is 2.09. The molecule has 0 saturated carbocycles. The van der Waals surface area contributed by atoms with Gasteiger partial charge in [0, 0.05) is 5.56 Å². The topological polar surface area (TPSA) is 118 Å². The minimum absolute atomic E-state index is 0.0291. The number of nitrogens with zero attached hydrogens (tertiary/aromatic N) is 3. The van der Waals surface area contributed by atoms with Crippen LogP contribution in [0.2, 0.25) is 0 Å². The van der Waals surface area contributed by atoms with Crippen LogP contribution >= 0.6 is 0 Å². The largest absolute Gasteiger partial charge is 0.378 e. The number of benzene rings is 1. The maximum Gasteiger partial charge on any atom is 0.340 e. The Hall–Kier alpha value is -2.97. The standard InChI is InChI=1S/C10H9FN6O2/c11-7-4-2-1-3-6(7)5-13-15-10(18)14-9-8(12)16-19-17-9/h1-5H,(H2,12,16)(H2,14,15,17,18). The van der Waals surface area contributed by atoms with Crippen molar-refractivity contribution < 1.29 is 13.8 Å². The zero-order chi connectivity index (χ0) is 13.7. The van der Waals surface area contributed by atoms with Crippen LogP contribution in [0.15, 0.2) is 34.0 Å². The normalized spacial score (nSPS) is 10.6. The molecule has 19 heavy (non-hydrogen) atoms. The molecule has 1 heterocycles. The molecule has 2 rings (SSSR count). The minimum atomic E-state index is -0.713. The van der Waals surface area contributed by atoms with Crippen molar-refractivity contribution in [3.05, 3.63) is 35.6 Å². The summed E-state index contributed by atoms with van der Waals surface area (Å²) in [4.78, 5) is 11.3. The third-order valence-electron chi connectivity index (χ3n) is 2.02. The second kappa shape index (κ2) is 5.58. The van der Waals surface area contributed by atoms with Crippen molar-refractivity contribution in [2.45, 2.75) is 0 Å². The molecule has 0 fully saturated rings. The Morgan fingerprint density at radius 2 is 2.21 bits per heavy atom. The lowest BCUT2D eigenvalue weighted by atomic mass is 10.2. The Bertz CT molecular complexity index is 612. The van der Waals surface area contributed by atoms with Crippen molar-refractivity contribution in [3.8, 4) is 0 Å². The van der Waals surface area contributed by atoms with Gasteiger partial charge in [0.2, 0.25) is 11.6 Å². The quantitative estimate of drug-likeness (QED) is 0.563. The van der Waals surface area contributed by atoms with Crippen LogP contribution in [0.4, 0.5) is 20.8 Å². The molecule has 9 heteroatoms. The third kappa shape index (κ3) is 3.25. The van der Waals surface area contributed by atoms with Crippen molar-refractivity contribution in [2.24, 2.45) is 5.10 Å². The molecule has 0 unspecified atom stereocenters. The van der Waals surface area contributed by atoms with E-state index in [1.807, 2.05) is 0 Å². The molecule has 0 bridgehead atoms. The van der Waals surface area contributed by atoms with Gasteiger partial charge in [0.25, 0.3) is 0 Å². The Balaban J connectivity index is 1.91. The average Bonchev–Trinajstić information content (AvgIpc) is 2.77. The number of amides is 2. The fourth-order valence-electron chi connectivity index (χ4n) is 1.16. The number of carbonyl (C=O) groups is 1. The van der Waals surface area contributed by atoms with Gasteiger partial charge in [-0.1, -0.05) is 18.2 Å². The molecule has 1 aromatic carbocycles. The number of halogens is 1. The zero-order valence-electron chi connectivity index (χ0n) is 9.50. The second-order valence-corrected chi connectivity index (χ2v) is 3.34. The van der Waals surface area contributed by atoms with E-state index in [2.05, 4.69) is 30.8 Å². The molecule has 2 amide bonds. The minimum Gasteiger partial charge on any atom is -0.378 e. The van der Waals surface area contributed by atoms with Crippen LogP contribution < -0.4 is 16.5 Å².